The zero-order valence-electron chi connectivity index (χ0n) is 28.3. The lowest BCUT2D eigenvalue weighted by Crippen LogP contribution is -2.35. The Kier molecular flexibility index (Phi) is 34.8. The van der Waals surface area contributed by atoms with Crippen molar-refractivity contribution in [1.82, 2.24) is 16.0 Å². The lowest BCUT2D eigenvalue weighted by atomic mass is 10.2. The zero-order chi connectivity index (χ0) is 40.0. The van der Waals surface area contributed by atoms with E-state index in [0.717, 1.165) is 34.5 Å². The van der Waals surface area contributed by atoms with Crippen LogP contribution in [0.25, 0.3) is 0 Å². The highest BCUT2D eigenvalue weighted by Gasteiger charge is 2.19. The molecule has 296 valence electrons. The number of nitrogens with one attached hydrogen (secondary N) is 3. The number of urea groups is 3. The van der Waals surface area contributed by atoms with Gasteiger partial charge in [-0.15, -0.1) is 0 Å². The minimum atomic E-state index is -5.39. The van der Waals surface area contributed by atoms with Crippen molar-refractivity contribution < 1.29 is 63.3 Å². The molecule has 6 atom stereocenters. The molecular weight excluding hydrogens is 749 g/mol. The number of carbonyl (C=O) groups excluding carboxylic acids is 3. The molecule has 26 heteroatoms. The molecule has 0 spiro atoms. The average Bonchev–Trinajstić information content (AvgIpc) is 2.96. The number of carboxylic acid groups (broad SMARTS) is 3. The van der Waals surface area contributed by atoms with Gasteiger partial charge in [0.2, 0.25) is 0 Å². The van der Waals surface area contributed by atoms with E-state index in [1.54, 1.807) is 0 Å². The van der Waals surface area contributed by atoms with Gasteiger partial charge in [0.25, 0.3) is 0 Å². The van der Waals surface area contributed by atoms with Gasteiger partial charge in [-0.05, 0) is 32.7 Å². The molecule has 0 rings (SSSR count). The number of phosphoric acid groups is 1. The minimum Gasteiger partial charge on any atom is -0.822 e. The van der Waals surface area contributed by atoms with Crippen LogP contribution in [0.3, 0.4) is 0 Å². The summed E-state index contributed by atoms with van der Waals surface area (Å²) >= 11 is 0. The van der Waals surface area contributed by atoms with E-state index in [2.05, 4.69) is 16.0 Å². The number of carbonyl (C=O) groups is 6. The van der Waals surface area contributed by atoms with Crippen LogP contribution in [0.2, 0.25) is 0 Å². The van der Waals surface area contributed by atoms with Crippen molar-refractivity contribution in [1.29, 1.82) is 0 Å². The first-order valence-electron chi connectivity index (χ1n) is 14.4. The molecule has 6 unspecified atom stereocenters. The molecule has 0 heterocycles. The summed E-state index contributed by atoms with van der Waals surface area (Å²) in [6.07, 6.45) is 7.42. The maximum Gasteiger partial charge on any atom is 0.320 e. The highest BCUT2D eigenvalue weighted by atomic mass is 32.2. The van der Waals surface area contributed by atoms with E-state index < -0.39 is 61.9 Å². The fourth-order valence-electron chi connectivity index (χ4n) is 2.71. The summed E-state index contributed by atoms with van der Waals surface area (Å²) < 4.78 is 8.55. The van der Waals surface area contributed by atoms with E-state index in [1.165, 1.54) is 0 Å². The Morgan fingerprint density at radius 3 is 0.860 bits per heavy atom. The molecule has 0 aromatic carbocycles. The van der Waals surface area contributed by atoms with Crippen LogP contribution in [0.5, 0.6) is 0 Å². The summed E-state index contributed by atoms with van der Waals surface area (Å²) in [4.78, 5) is 88.0. The van der Waals surface area contributed by atoms with Crippen LogP contribution < -0.4 is 65.0 Å². The molecule has 0 aliphatic heterocycles. The topological polar surface area (TPSA) is 442 Å². The molecule has 0 aromatic heterocycles. The van der Waals surface area contributed by atoms with Gasteiger partial charge in [0.15, 0.2) is 0 Å². The van der Waals surface area contributed by atoms with Gasteiger partial charge in [0, 0.05) is 19.3 Å². The van der Waals surface area contributed by atoms with E-state index in [-0.39, 0.29) is 32.7 Å². The third kappa shape index (κ3) is 49.6. The molecule has 18 N–H and O–H groups in total. The number of nitrogens with two attached hydrogens (primary N) is 6. The Balaban J connectivity index is -0.000000296. The molecule has 0 aromatic rings. The largest absolute Gasteiger partial charge is 0.822 e. The highest BCUT2D eigenvalue weighted by Crippen LogP contribution is 2.03. The van der Waals surface area contributed by atoms with Crippen LogP contribution in [0.4, 0.5) is 14.4 Å². The van der Waals surface area contributed by atoms with Crippen LogP contribution in [-0.2, 0) is 51.6 Å². The molecule has 22 nitrogen and oxygen atoms in total. The predicted molar refractivity (Wildman–Crippen MR) is 190 cm³/mol. The van der Waals surface area contributed by atoms with Gasteiger partial charge >= 0.3 is 36.0 Å². The number of carboxylic acids is 3. The van der Waals surface area contributed by atoms with Crippen molar-refractivity contribution in [3.8, 4) is 0 Å². The summed E-state index contributed by atoms with van der Waals surface area (Å²) in [6, 6.07) is -3.96. The monoisotopic (exact) mass is 803 g/mol. The molecule has 0 saturated heterocycles. The van der Waals surface area contributed by atoms with Crippen LogP contribution in [0.15, 0.2) is 0 Å². The summed E-state index contributed by atoms with van der Waals surface area (Å²) in [7, 11) is -5.20. The van der Waals surface area contributed by atoms with E-state index >= 15 is 0 Å². The first-order chi connectivity index (χ1) is 22.8. The smallest absolute Gasteiger partial charge is 0.320 e. The van der Waals surface area contributed by atoms with Gasteiger partial charge in [-0.25, -0.2) is 14.4 Å². The van der Waals surface area contributed by atoms with E-state index in [0.29, 0.717) is 38.9 Å². The number of amides is 6. The maximum atomic E-state index is 10.4. The normalized spacial score (nSPS) is 14.0. The van der Waals surface area contributed by atoms with Gasteiger partial charge in [-0.2, -0.15) is 7.82 Å². The van der Waals surface area contributed by atoms with E-state index in [1.807, 2.05) is 18.8 Å². The SMILES string of the molecule is C[S+](CCNC(N)=O)CCC(N)C(=O)O.C[S+](CCNC(N)=O)CCC(N)C(=O)O.C[S+](CCNC(N)=O)CCC(N)C(=O)O.O=P([O-])([O-])[O-]. The molecule has 50 heavy (non-hydrogen) atoms. The van der Waals surface area contributed by atoms with Crippen LogP contribution in [-0.4, -0.2) is 142 Å². The minimum absolute atomic E-state index is 0.0628. The van der Waals surface area contributed by atoms with Crippen molar-refractivity contribution in [2.45, 2.75) is 37.4 Å². The summed E-state index contributed by atoms with van der Waals surface area (Å²) in [5, 5.41) is 33.1. The van der Waals surface area contributed by atoms with Gasteiger partial charge in [0.05, 0.1) is 38.4 Å². The second kappa shape index (κ2) is 32.2. The highest BCUT2D eigenvalue weighted by molar-refractivity contribution is 7.96. The van der Waals surface area contributed by atoms with Crippen molar-refractivity contribution in [2.24, 2.45) is 34.4 Å². The third-order valence-corrected chi connectivity index (χ3v) is 11.0. The van der Waals surface area contributed by atoms with Crippen molar-refractivity contribution in [2.75, 3.05) is 72.9 Å². The van der Waals surface area contributed by atoms with Gasteiger partial charge in [0.1, 0.15) is 52.6 Å². The molecule has 0 bridgehead atoms. The molecule has 0 radical (unpaired) electrons. The molecular formula is C24H54N9O13PS3. The first kappa shape index (κ1) is 54.0. The number of primary amides is 3. The fourth-order valence-corrected chi connectivity index (χ4v) is 6.64. The van der Waals surface area contributed by atoms with Crippen molar-refractivity contribution in [3.05, 3.63) is 0 Å². The Morgan fingerprint density at radius 1 is 0.540 bits per heavy atom. The molecule has 6 amide bonds. The van der Waals surface area contributed by atoms with Crippen LogP contribution in [0.1, 0.15) is 19.3 Å². The summed E-state index contributed by atoms with van der Waals surface area (Å²) in [6.45, 7) is 1.58. The number of hydrogen-bond acceptors (Lipinski definition) is 13. The maximum absolute atomic E-state index is 10.4. The van der Waals surface area contributed by atoms with E-state index in [9.17, 15) is 28.8 Å². The lowest BCUT2D eigenvalue weighted by Gasteiger charge is -2.36. The summed E-state index contributed by atoms with van der Waals surface area (Å²) in [5.41, 5.74) is 30.8. The van der Waals surface area contributed by atoms with Crippen LogP contribution >= 0.6 is 7.82 Å². The van der Waals surface area contributed by atoms with Crippen molar-refractivity contribution >= 4 is 76.5 Å². The molecule has 0 aliphatic carbocycles. The number of aliphatic carboxylic acids is 3. The standard InChI is InChI=1S/3C8H17N3O3S.H3O4P/c3*1-15(5-3-11-8(10)14)4-2-6(9)7(12)13;1-5(2,3)4/h3*6H,2-5,9H2,1H3,(H3-,10,11,12,13,14);(H3,1,2,3,4). The molecule has 0 fully saturated rings. The second-order valence-corrected chi connectivity index (χ2v) is 18.1. The Morgan fingerprint density at radius 2 is 0.720 bits per heavy atom. The second-order valence-electron chi connectivity index (χ2n) is 10.1. The molecule has 0 aliphatic rings. The quantitative estimate of drug-likeness (QED) is 0.0379. The van der Waals surface area contributed by atoms with Gasteiger partial charge < -0.3 is 84.9 Å². The summed E-state index contributed by atoms with van der Waals surface area (Å²) in [5.74, 6) is 1.77. The van der Waals surface area contributed by atoms with Gasteiger partial charge in [-0.1, -0.05) is 0 Å². The third-order valence-electron chi connectivity index (χ3n) is 5.53. The first-order valence-corrected chi connectivity index (χ1v) is 21.7. The average molecular weight is 804 g/mol. The number of hydrogen-bond donors (Lipinski definition) is 12. The van der Waals surface area contributed by atoms with Gasteiger partial charge in [-0.3, -0.25) is 14.4 Å². The van der Waals surface area contributed by atoms with Crippen LogP contribution in [0, 0.1) is 0 Å². The van der Waals surface area contributed by atoms with E-state index in [4.69, 9.17) is 69.0 Å². The predicted octanol–water partition coefficient (Wildman–Crippen LogP) is -6.71. The van der Waals surface area contributed by atoms with Crippen molar-refractivity contribution in [3.63, 3.8) is 0 Å². The lowest BCUT2D eigenvalue weighted by molar-refractivity contribution is -0.432. The zero-order valence-corrected chi connectivity index (χ0v) is 31.6. The molecule has 0 saturated carbocycles. The number of rotatable bonds is 21. The Labute approximate surface area is 299 Å². The Hall–Kier alpha value is -2.74. The Bertz CT molecular complexity index is 933. The fraction of sp³-hybridized carbons (Fsp3) is 0.750.